The van der Waals surface area contributed by atoms with Gasteiger partial charge in [-0.05, 0) is 37.0 Å². The summed E-state index contributed by atoms with van der Waals surface area (Å²) in [6.07, 6.45) is 2.75. The summed E-state index contributed by atoms with van der Waals surface area (Å²) in [5.74, 6) is 0.433. The second kappa shape index (κ2) is 6.84. The molecule has 0 aliphatic heterocycles. The van der Waals surface area contributed by atoms with E-state index in [0.717, 1.165) is 23.2 Å². The molecule has 0 amide bonds. The first-order valence-electron chi connectivity index (χ1n) is 7.81. The van der Waals surface area contributed by atoms with E-state index in [4.69, 9.17) is 0 Å². The van der Waals surface area contributed by atoms with E-state index in [-0.39, 0.29) is 0 Å². The Morgan fingerprint density at radius 2 is 1.87 bits per heavy atom. The van der Waals surface area contributed by atoms with Crippen molar-refractivity contribution in [3.05, 3.63) is 47.3 Å². The van der Waals surface area contributed by atoms with Gasteiger partial charge in [0.2, 0.25) is 10.0 Å². The van der Waals surface area contributed by atoms with Gasteiger partial charge in [0.25, 0.3) is 0 Å². The Labute approximate surface area is 139 Å². The molecule has 0 radical (unpaired) electrons. The quantitative estimate of drug-likeness (QED) is 0.815. The van der Waals surface area contributed by atoms with Crippen molar-refractivity contribution in [3.8, 4) is 0 Å². The molecule has 0 N–H and O–H groups in total. The van der Waals surface area contributed by atoms with Gasteiger partial charge in [-0.2, -0.15) is 9.40 Å². The zero-order chi connectivity index (χ0) is 17.2. The molecule has 0 saturated heterocycles. The summed E-state index contributed by atoms with van der Waals surface area (Å²) < 4.78 is 28.5. The first kappa shape index (κ1) is 17.7. The highest BCUT2D eigenvalue weighted by atomic mass is 32.2. The summed E-state index contributed by atoms with van der Waals surface area (Å²) in [7, 11) is -0.0479. The van der Waals surface area contributed by atoms with Crippen molar-refractivity contribution >= 4 is 10.0 Å². The summed E-state index contributed by atoms with van der Waals surface area (Å²) in [5.41, 5.74) is 3.05. The lowest BCUT2D eigenvalue weighted by atomic mass is 9.99. The molecule has 0 aliphatic carbocycles. The molecular formula is C17H25N3O2S. The third-order valence-corrected chi connectivity index (χ3v) is 6.32. The van der Waals surface area contributed by atoms with Crippen LogP contribution in [0.3, 0.4) is 0 Å². The second-order valence-electron chi connectivity index (χ2n) is 6.02. The van der Waals surface area contributed by atoms with Gasteiger partial charge in [-0.15, -0.1) is 0 Å². The average Bonchev–Trinajstić information content (AvgIpc) is 2.86. The molecule has 1 heterocycles. The van der Waals surface area contributed by atoms with Gasteiger partial charge in [0.15, 0.2) is 0 Å². The molecule has 2 aromatic rings. The average molecular weight is 335 g/mol. The van der Waals surface area contributed by atoms with Gasteiger partial charge in [-0.3, -0.25) is 4.68 Å². The van der Waals surface area contributed by atoms with Crippen molar-refractivity contribution in [2.24, 2.45) is 7.05 Å². The summed E-state index contributed by atoms with van der Waals surface area (Å²) in [5, 5.41) is 4.16. The monoisotopic (exact) mass is 335 g/mol. The zero-order valence-corrected chi connectivity index (χ0v) is 15.3. The number of aromatic nitrogens is 2. The van der Waals surface area contributed by atoms with E-state index in [0.29, 0.717) is 17.4 Å². The van der Waals surface area contributed by atoms with E-state index >= 15 is 0 Å². The Bertz CT molecular complexity index is 764. The fourth-order valence-electron chi connectivity index (χ4n) is 2.41. The molecular weight excluding hydrogens is 310 g/mol. The van der Waals surface area contributed by atoms with Crippen molar-refractivity contribution < 1.29 is 8.42 Å². The van der Waals surface area contributed by atoms with Gasteiger partial charge < -0.3 is 0 Å². The fourth-order valence-corrected chi connectivity index (χ4v) is 3.56. The van der Waals surface area contributed by atoms with Gasteiger partial charge in [0, 0.05) is 31.9 Å². The van der Waals surface area contributed by atoms with Gasteiger partial charge in [0.05, 0.1) is 11.1 Å². The number of nitrogens with zero attached hydrogens (tertiary/aromatic N) is 3. The van der Waals surface area contributed by atoms with Crippen LogP contribution in [0.15, 0.2) is 35.4 Å². The molecule has 0 spiro atoms. The molecule has 1 aromatic heterocycles. The topological polar surface area (TPSA) is 55.2 Å². The Morgan fingerprint density at radius 1 is 1.26 bits per heavy atom. The van der Waals surface area contributed by atoms with Crippen LogP contribution in [0, 0.1) is 6.92 Å². The first-order chi connectivity index (χ1) is 10.8. The maximum Gasteiger partial charge on any atom is 0.243 e. The van der Waals surface area contributed by atoms with E-state index < -0.39 is 10.0 Å². The predicted molar refractivity (Wildman–Crippen MR) is 91.7 cm³/mol. The molecule has 126 valence electrons. The Balaban J connectivity index is 2.21. The second-order valence-corrected chi connectivity index (χ2v) is 8.06. The van der Waals surface area contributed by atoms with Crippen LogP contribution in [0.25, 0.3) is 0 Å². The highest BCUT2D eigenvalue weighted by Gasteiger charge is 2.22. The molecule has 2 rings (SSSR count). The minimum atomic E-state index is -3.50. The molecule has 0 saturated carbocycles. The number of hydrogen-bond donors (Lipinski definition) is 0. The van der Waals surface area contributed by atoms with Crippen molar-refractivity contribution in [1.29, 1.82) is 0 Å². The van der Waals surface area contributed by atoms with E-state index in [1.165, 1.54) is 4.31 Å². The van der Waals surface area contributed by atoms with Crippen LogP contribution in [0.2, 0.25) is 0 Å². The standard InChI is InChI=1S/C17H25N3O2S/c1-6-13(2)15-7-9-17(10-8-15)23(21,22)19(4)12-16-11-18-20(5)14(16)3/h7-11,13H,6,12H2,1-5H3/t13-/m1/s1. The number of rotatable bonds is 6. The van der Waals surface area contributed by atoms with E-state index in [1.807, 2.05) is 26.1 Å². The maximum absolute atomic E-state index is 12.7. The number of hydrogen-bond acceptors (Lipinski definition) is 3. The summed E-state index contributed by atoms with van der Waals surface area (Å²) >= 11 is 0. The Hall–Kier alpha value is -1.66. The van der Waals surface area contributed by atoms with Crippen molar-refractivity contribution in [1.82, 2.24) is 14.1 Å². The minimum absolute atomic E-state index is 0.315. The van der Waals surface area contributed by atoms with Crippen molar-refractivity contribution in [3.63, 3.8) is 0 Å². The van der Waals surface area contributed by atoms with Gasteiger partial charge >= 0.3 is 0 Å². The molecule has 0 aliphatic rings. The maximum atomic E-state index is 12.7. The SMILES string of the molecule is CC[C@@H](C)c1ccc(S(=O)(=O)N(C)Cc2cnn(C)c2C)cc1. The van der Waals surface area contributed by atoms with Crippen LogP contribution in [-0.2, 0) is 23.6 Å². The molecule has 1 aromatic carbocycles. The highest BCUT2D eigenvalue weighted by Crippen LogP contribution is 2.23. The lowest BCUT2D eigenvalue weighted by molar-refractivity contribution is 0.465. The van der Waals surface area contributed by atoms with E-state index in [9.17, 15) is 8.42 Å². The zero-order valence-electron chi connectivity index (χ0n) is 14.4. The largest absolute Gasteiger partial charge is 0.273 e. The fraction of sp³-hybridized carbons (Fsp3) is 0.471. The molecule has 23 heavy (non-hydrogen) atoms. The van der Waals surface area contributed by atoms with Crippen LogP contribution >= 0.6 is 0 Å². The van der Waals surface area contributed by atoms with Crippen LogP contribution in [-0.4, -0.2) is 29.6 Å². The normalized spacial score (nSPS) is 13.5. The first-order valence-corrected chi connectivity index (χ1v) is 9.25. The van der Waals surface area contributed by atoms with Crippen molar-refractivity contribution in [2.45, 2.75) is 44.6 Å². The Morgan fingerprint density at radius 3 is 2.35 bits per heavy atom. The molecule has 0 fully saturated rings. The van der Waals surface area contributed by atoms with Crippen LogP contribution in [0.1, 0.15) is 43.0 Å². The molecule has 0 unspecified atom stereocenters. The number of sulfonamides is 1. The van der Waals surface area contributed by atoms with Crippen molar-refractivity contribution in [2.75, 3.05) is 7.05 Å². The van der Waals surface area contributed by atoms with E-state index in [1.54, 1.807) is 30.1 Å². The number of aryl methyl sites for hydroxylation is 1. The van der Waals surface area contributed by atoms with Gasteiger partial charge in [-0.1, -0.05) is 26.0 Å². The van der Waals surface area contributed by atoms with Crippen LogP contribution in [0.4, 0.5) is 0 Å². The minimum Gasteiger partial charge on any atom is -0.273 e. The smallest absolute Gasteiger partial charge is 0.243 e. The number of benzene rings is 1. The van der Waals surface area contributed by atoms with E-state index in [2.05, 4.69) is 18.9 Å². The lowest BCUT2D eigenvalue weighted by Gasteiger charge is -2.18. The molecule has 1 atom stereocenters. The van der Waals surface area contributed by atoms with Crippen LogP contribution in [0.5, 0.6) is 0 Å². The third-order valence-electron chi connectivity index (χ3n) is 4.50. The molecule has 5 nitrogen and oxygen atoms in total. The highest BCUT2D eigenvalue weighted by molar-refractivity contribution is 7.89. The molecule has 6 heteroatoms. The Kier molecular flexibility index (Phi) is 5.26. The predicted octanol–water partition coefficient (Wildman–Crippen LogP) is 3.06. The van der Waals surface area contributed by atoms with Gasteiger partial charge in [-0.25, -0.2) is 8.42 Å². The lowest BCUT2D eigenvalue weighted by Crippen LogP contribution is -2.26. The molecule has 0 bridgehead atoms. The third kappa shape index (κ3) is 3.64. The van der Waals surface area contributed by atoms with Crippen LogP contribution < -0.4 is 0 Å². The summed E-state index contributed by atoms with van der Waals surface area (Å²) in [6, 6.07) is 7.21. The summed E-state index contributed by atoms with van der Waals surface area (Å²) in [4.78, 5) is 0.327. The van der Waals surface area contributed by atoms with Gasteiger partial charge in [0.1, 0.15) is 0 Å². The summed E-state index contributed by atoms with van der Waals surface area (Å²) in [6.45, 7) is 6.51.